The highest BCUT2D eigenvalue weighted by Gasteiger charge is 2.19. The van der Waals surface area contributed by atoms with Gasteiger partial charge in [0.25, 0.3) is 0 Å². The topological polar surface area (TPSA) is 88.1 Å². The zero-order chi connectivity index (χ0) is 18.8. The molecule has 0 saturated carbocycles. The summed E-state index contributed by atoms with van der Waals surface area (Å²) in [5.74, 6) is 0.145. The molecule has 1 unspecified atom stereocenters. The maximum Gasteiger partial charge on any atom is 0.320 e. The minimum absolute atomic E-state index is 0.0935. The van der Waals surface area contributed by atoms with Crippen LogP contribution < -0.4 is 10.1 Å². The number of anilines is 1. The van der Waals surface area contributed by atoms with E-state index in [1.807, 2.05) is 18.7 Å². The lowest BCUT2D eigenvalue weighted by molar-refractivity contribution is -0.145. The van der Waals surface area contributed by atoms with Gasteiger partial charge in [-0.1, -0.05) is 0 Å². The third-order valence-electron chi connectivity index (χ3n) is 3.43. The summed E-state index contributed by atoms with van der Waals surface area (Å²) in [6.45, 7) is 7.99. The molecule has 0 bridgehead atoms. The van der Waals surface area contributed by atoms with Crippen molar-refractivity contribution in [2.45, 2.75) is 39.8 Å². The molecule has 0 fully saturated rings. The minimum Gasteiger partial charge on any atom is -0.491 e. The first kappa shape index (κ1) is 20.9. The second kappa shape index (κ2) is 10.7. The fourth-order valence-electron chi connectivity index (χ4n) is 2.18. The summed E-state index contributed by atoms with van der Waals surface area (Å²) < 4.78 is 10.5. The Hall–Kier alpha value is -2.12. The van der Waals surface area contributed by atoms with Gasteiger partial charge in [0.2, 0.25) is 5.91 Å². The molecule has 1 aromatic rings. The van der Waals surface area contributed by atoms with Crippen molar-refractivity contribution in [3.63, 3.8) is 0 Å². The Balaban J connectivity index is 2.47. The van der Waals surface area contributed by atoms with Gasteiger partial charge in [0.1, 0.15) is 18.5 Å². The number of aliphatic hydroxyl groups excluding tert-OH is 1. The Labute approximate surface area is 148 Å². The molecule has 1 atom stereocenters. The number of aliphatic hydroxyl groups is 1. The van der Waals surface area contributed by atoms with E-state index in [0.29, 0.717) is 24.6 Å². The van der Waals surface area contributed by atoms with Crippen LogP contribution in [-0.2, 0) is 14.3 Å². The molecule has 7 heteroatoms. The van der Waals surface area contributed by atoms with E-state index in [1.54, 1.807) is 31.2 Å². The number of nitrogens with one attached hydrogen (secondary N) is 1. The van der Waals surface area contributed by atoms with Crippen molar-refractivity contribution in [3.8, 4) is 5.75 Å². The van der Waals surface area contributed by atoms with Gasteiger partial charge >= 0.3 is 5.97 Å². The molecule has 1 rings (SSSR count). The van der Waals surface area contributed by atoms with Crippen LogP contribution in [0.4, 0.5) is 5.69 Å². The zero-order valence-corrected chi connectivity index (χ0v) is 15.3. The highest BCUT2D eigenvalue weighted by Crippen LogP contribution is 2.16. The lowest BCUT2D eigenvalue weighted by Crippen LogP contribution is -2.43. The van der Waals surface area contributed by atoms with E-state index in [-0.39, 0.29) is 31.1 Å². The van der Waals surface area contributed by atoms with Crippen LogP contribution >= 0.6 is 0 Å². The average molecular weight is 352 g/mol. The number of nitrogens with zero attached hydrogens (tertiary/aromatic N) is 1. The van der Waals surface area contributed by atoms with Crippen LogP contribution in [0.15, 0.2) is 24.3 Å². The predicted octanol–water partition coefficient (Wildman–Crippen LogP) is 1.66. The van der Waals surface area contributed by atoms with Crippen molar-refractivity contribution in [2.75, 3.05) is 31.6 Å². The van der Waals surface area contributed by atoms with Crippen molar-refractivity contribution >= 4 is 17.6 Å². The highest BCUT2D eigenvalue weighted by atomic mass is 16.5. The Morgan fingerprint density at radius 2 is 1.88 bits per heavy atom. The zero-order valence-electron chi connectivity index (χ0n) is 15.3. The molecule has 140 valence electrons. The second-order valence-corrected chi connectivity index (χ2v) is 6.00. The molecular weight excluding hydrogens is 324 g/mol. The average Bonchev–Trinajstić information content (AvgIpc) is 2.53. The number of benzene rings is 1. The Kier molecular flexibility index (Phi) is 8.94. The van der Waals surface area contributed by atoms with Gasteiger partial charge in [0.05, 0.1) is 13.2 Å². The van der Waals surface area contributed by atoms with Crippen LogP contribution in [0.5, 0.6) is 5.75 Å². The molecule has 0 aliphatic carbocycles. The molecule has 0 spiro atoms. The first-order chi connectivity index (χ1) is 11.8. The van der Waals surface area contributed by atoms with E-state index in [1.165, 1.54) is 6.92 Å². The van der Waals surface area contributed by atoms with Crippen LogP contribution in [0.2, 0.25) is 0 Å². The van der Waals surface area contributed by atoms with Crippen LogP contribution in [0.1, 0.15) is 27.7 Å². The number of rotatable bonds is 10. The SMILES string of the molecule is CCOC(=O)CN(CC(O)COc1ccc(NC(C)=O)cc1)C(C)C. The number of hydrogen-bond acceptors (Lipinski definition) is 6. The van der Waals surface area contributed by atoms with Crippen LogP contribution in [0, 0.1) is 0 Å². The fourth-order valence-corrected chi connectivity index (χ4v) is 2.18. The monoisotopic (exact) mass is 352 g/mol. The Morgan fingerprint density at radius 3 is 2.40 bits per heavy atom. The number of esters is 1. The van der Waals surface area contributed by atoms with Crippen molar-refractivity contribution in [3.05, 3.63) is 24.3 Å². The molecule has 25 heavy (non-hydrogen) atoms. The first-order valence-corrected chi connectivity index (χ1v) is 8.40. The number of carbonyl (C=O) groups excluding carboxylic acids is 2. The third kappa shape index (κ3) is 8.51. The molecule has 7 nitrogen and oxygen atoms in total. The molecule has 0 saturated heterocycles. The third-order valence-corrected chi connectivity index (χ3v) is 3.43. The van der Waals surface area contributed by atoms with Crippen molar-refractivity contribution in [1.82, 2.24) is 4.90 Å². The summed E-state index contributed by atoms with van der Waals surface area (Å²) in [7, 11) is 0. The van der Waals surface area contributed by atoms with Crippen LogP contribution in [-0.4, -0.2) is 60.3 Å². The molecule has 0 aliphatic heterocycles. The molecular formula is C18H28N2O5. The van der Waals surface area contributed by atoms with Gasteiger partial charge in [-0.15, -0.1) is 0 Å². The standard InChI is InChI=1S/C18H28N2O5/c1-5-24-18(23)11-20(13(2)3)10-16(22)12-25-17-8-6-15(7-9-17)19-14(4)21/h6-9,13,16,22H,5,10-12H2,1-4H3,(H,19,21). The summed E-state index contributed by atoms with van der Waals surface area (Å²) >= 11 is 0. The van der Waals surface area contributed by atoms with Crippen LogP contribution in [0.25, 0.3) is 0 Å². The van der Waals surface area contributed by atoms with Crippen molar-refractivity contribution < 1.29 is 24.2 Å². The van der Waals surface area contributed by atoms with Crippen molar-refractivity contribution in [2.24, 2.45) is 0 Å². The molecule has 1 aromatic carbocycles. The van der Waals surface area contributed by atoms with Gasteiger partial charge in [-0.2, -0.15) is 0 Å². The Morgan fingerprint density at radius 1 is 1.24 bits per heavy atom. The number of ether oxygens (including phenoxy) is 2. The van der Waals surface area contributed by atoms with Crippen molar-refractivity contribution in [1.29, 1.82) is 0 Å². The number of carbonyl (C=O) groups is 2. The molecule has 0 heterocycles. The molecule has 2 N–H and O–H groups in total. The van der Waals surface area contributed by atoms with Gasteiger partial charge in [-0.3, -0.25) is 14.5 Å². The van der Waals surface area contributed by atoms with E-state index in [2.05, 4.69) is 5.32 Å². The first-order valence-electron chi connectivity index (χ1n) is 8.40. The highest BCUT2D eigenvalue weighted by molar-refractivity contribution is 5.88. The van der Waals surface area contributed by atoms with Gasteiger partial charge < -0.3 is 19.9 Å². The van der Waals surface area contributed by atoms with E-state index < -0.39 is 6.10 Å². The lowest BCUT2D eigenvalue weighted by Gasteiger charge is -2.27. The summed E-state index contributed by atoms with van der Waals surface area (Å²) in [6, 6.07) is 6.98. The summed E-state index contributed by atoms with van der Waals surface area (Å²) in [4.78, 5) is 24.4. The van der Waals surface area contributed by atoms with Gasteiger partial charge in [-0.25, -0.2) is 0 Å². The lowest BCUT2D eigenvalue weighted by atomic mass is 10.2. The normalized spacial score (nSPS) is 12.1. The largest absolute Gasteiger partial charge is 0.491 e. The quantitative estimate of drug-likeness (QED) is 0.623. The summed E-state index contributed by atoms with van der Waals surface area (Å²) in [6.07, 6.45) is -0.744. The van der Waals surface area contributed by atoms with Crippen LogP contribution in [0.3, 0.4) is 0 Å². The smallest absolute Gasteiger partial charge is 0.320 e. The summed E-state index contributed by atoms with van der Waals surface area (Å²) in [5, 5.41) is 12.8. The fraction of sp³-hybridized carbons (Fsp3) is 0.556. The molecule has 1 amide bonds. The van der Waals surface area contributed by atoms with E-state index in [0.717, 1.165) is 0 Å². The number of hydrogen-bond donors (Lipinski definition) is 2. The maximum atomic E-state index is 11.6. The molecule has 0 aromatic heterocycles. The van der Waals surface area contributed by atoms with E-state index >= 15 is 0 Å². The second-order valence-electron chi connectivity index (χ2n) is 6.00. The Bertz CT molecular complexity index is 545. The van der Waals surface area contributed by atoms with E-state index in [4.69, 9.17) is 9.47 Å². The van der Waals surface area contributed by atoms with Gasteiger partial charge in [0, 0.05) is 25.2 Å². The molecule has 0 aliphatic rings. The minimum atomic E-state index is -0.744. The van der Waals surface area contributed by atoms with Gasteiger partial charge in [0.15, 0.2) is 0 Å². The summed E-state index contributed by atoms with van der Waals surface area (Å²) in [5.41, 5.74) is 0.681. The maximum absolute atomic E-state index is 11.6. The molecule has 0 radical (unpaired) electrons. The predicted molar refractivity (Wildman–Crippen MR) is 95.6 cm³/mol. The van der Waals surface area contributed by atoms with Gasteiger partial charge in [-0.05, 0) is 45.0 Å². The number of amides is 1. The van der Waals surface area contributed by atoms with E-state index in [9.17, 15) is 14.7 Å².